The monoisotopic (exact) mass is 420 g/mol. The van der Waals surface area contributed by atoms with Gasteiger partial charge in [-0.15, -0.1) is 0 Å². The third-order valence-corrected chi connectivity index (χ3v) is 4.82. The van der Waals surface area contributed by atoms with Crippen LogP contribution in [0.5, 0.6) is 0 Å². The minimum atomic E-state index is -0.534. The Balaban J connectivity index is 1.44. The second-order valence-electron chi connectivity index (χ2n) is 6.84. The molecule has 10 nitrogen and oxygen atoms in total. The predicted octanol–water partition coefficient (Wildman–Crippen LogP) is 1.42. The Hall–Kier alpha value is -4.08. The predicted molar refractivity (Wildman–Crippen MR) is 108 cm³/mol. The van der Waals surface area contributed by atoms with E-state index in [0.29, 0.717) is 30.9 Å². The van der Waals surface area contributed by atoms with E-state index in [1.165, 1.54) is 40.1 Å². The van der Waals surface area contributed by atoms with E-state index >= 15 is 0 Å². The van der Waals surface area contributed by atoms with Gasteiger partial charge in [-0.2, -0.15) is 5.10 Å². The molecule has 0 spiro atoms. The second kappa shape index (κ2) is 8.74. The van der Waals surface area contributed by atoms with Gasteiger partial charge < -0.3 is 4.74 Å². The molecule has 1 fully saturated rings. The zero-order valence-corrected chi connectivity index (χ0v) is 16.8. The molecule has 0 saturated carbocycles. The maximum absolute atomic E-state index is 12.9. The number of ether oxygens (including phenoxy) is 1. The Bertz CT molecular complexity index is 1100. The summed E-state index contributed by atoms with van der Waals surface area (Å²) in [6, 6.07) is 10.2. The molecular formula is C21H20N6O4. The first-order chi connectivity index (χ1) is 15.1. The SMILES string of the molecule is COC(=O)c1ccc(C(=O)N2CCCN2C(=O)Cn2ccc(-c3ccccn3)n2)nc1. The van der Waals surface area contributed by atoms with Crippen molar-refractivity contribution in [3.63, 3.8) is 0 Å². The summed E-state index contributed by atoms with van der Waals surface area (Å²) < 4.78 is 6.16. The van der Waals surface area contributed by atoms with Gasteiger partial charge in [-0.25, -0.2) is 14.8 Å². The van der Waals surface area contributed by atoms with Crippen molar-refractivity contribution >= 4 is 17.8 Å². The molecular weight excluding hydrogens is 400 g/mol. The molecule has 158 valence electrons. The third kappa shape index (κ3) is 4.27. The van der Waals surface area contributed by atoms with Crippen LogP contribution >= 0.6 is 0 Å². The van der Waals surface area contributed by atoms with Crippen LogP contribution in [0.4, 0.5) is 0 Å². The molecule has 1 saturated heterocycles. The Morgan fingerprint density at radius 1 is 1.00 bits per heavy atom. The Morgan fingerprint density at radius 2 is 1.84 bits per heavy atom. The minimum Gasteiger partial charge on any atom is -0.465 e. The second-order valence-corrected chi connectivity index (χ2v) is 6.84. The number of esters is 1. The zero-order valence-electron chi connectivity index (χ0n) is 16.8. The van der Waals surface area contributed by atoms with Gasteiger partial charge in [0.15, 0.2) is 0 Å². The van der Waals surface area contributed by atoms with E-state index in [1.807, 2.05) is 18.2 Å². The van der Waals surface area contributed by atoms with Gasteiger partial charge in [-0.1, -0.05) is 6.07 Å². The highest BCUT2D eigenvalue weighted by molar-refractivity contribution is 5.95. The van der Waals surface area contributed by atoms with Crippen molar-refractivity contribution in [2.75, 3.05) is 20.2 Å². The number of carbonyl (C=O) groups is 3. The molecule has 1 aliphatic heterocycles. The van der Waals surface area contributed by atoms with Crippen LogP contribution in [0.25, 0.3) is 11.4 Å². The van der Waals surface area contributed by atoms with Gasteiger partial charge in [0, 0.05) is 31.7 Å². The van der Waals surface area contributed by atoms with E-state index in [4.69, 9.17) is 0 Å². The van der Waals surface area contributed by atoms with Gasteiger partial charge in [0.25, 0.3) is 11.8 Å². The van der Waals surface area contributed by atoms with E-state index in [-0.39, 0.29) is 23.7 Å². The maximum atomic E-state index is 12.9. The van der Waals surface area contributed by atoms with Crippen molar-refractivity contribution in [3.05, 3.63) is 66.2 Å². The average molecular weight is 420 g/mol. The smallest absolute Gasteiger partial charge is 0.339 e. The summed E-state index contributed by atoms with van der Waals surface area (Å²) in [7, 11) is 1.27. The van der Waals surface area contributed by atoms with Crippen molar-refractivity contribution in [3.8, 4) is 11.4 Å². The van der Waals surface area contributed by atoms with Gasteiger partial charge in [-0.3, -0.25) is 24.2 Å². The van der Waals surface area contributed by atoms with E-state index in [1.54, 1.807) is 18.5 Å². The van der Waals surface area contributed by atoms with Crippen LogP contribution < -0.4 is 0 Å². The molecule has 0 bridgehead atoms. The molecule has 0 atom stereocenters. The molecule has 2 amide bonds. The topological polar surface area (TPSA) is 111 Å². The first kappa shape index (κ1) is 20.2. The van der Waals surface area contributed by atoms with Gasteiger partial charge in [0.2, 0.25) is 0 Å². The normalized spacial score (nSPS) is 13.3. The molecule has 0 unspecified atom stereocenters. The maximum Gasteiger partial charge on any atom is 0.339 e. The quantitative estimate of drug-likeness (QED) is 0.574. The molecule has 0 radical (unpaired) electrons. The van der Waals surface area contributed by atoms with Crippen LogP contribution in [0.2, 0.25) is 0 Å². The first-order valence-corrected chi connectivity index (χ1v) is 9.68. The fourth-order valence-corrected chi connectivity index (χ4v) is 3.29. The molecule has 1 aliphatic rings. The highest BCUT2D eigenvalue weighted by Gasteiger charge is 2.32. The van der Waals surface area contributed by atoms with Crippen molar-refractivity contribution in [2.24, 2.45) is 0 Å². The zero-order chi connectivity index (χ0) is 21.8. The highest BCUT2D eigenvalue weighted by atomic mass is 16.5. The minimum absolute atomic E-state index is 0.00861. The number of hydrogen-bond donors (Lipinski definition) is 0. The van der Waals surface area contributed by atoms with E-state index in [0.717, 1.165) is 0 Å². The molecule has 4 rings (SSSR count). The third-order valence-electron chi connectivity index (χ3n) is 4.82. The molecule has 4 heterocycles. The number of carbonyl (C=O) groups excluding carboxylic acids is 3. The molecule has 31 heavy (non-hydrogen) atoms. The fourth-order valence-electron chi connectivity index (χ4n) is 3.29. The lowest BCUT2D eigenvalue weighted by molar-refractivity contribution is -0.141. The Morgan fingerprint density at radius 3 is 2.55 bits per heavy atom. The van der Waals surface area contributed by atoms with E-state index in [2.05, 4.69) is 19.8 Å². The van der Waals surface area contributed by atoms with Crippen molar-refractivity contribution in [1.82, 2.24) is 29.8 Å². The first-order valence-electron chi connectivity index (χ1n) is 9.68. The molecule has 0 aromatic carbocycles. The number of hydrogen-bond acceptors (Lipinski definition) is 7. The Kier molecular flexibility index (Phi) is 5.69. The standard InChI is InChI=1S/C21H20N6O4/c1-31-21(30)15-6-7-18(23-13-15)20(29)27-11-4-10-26(27)19(28)14-25-12-8-17(24-25)16-5-2-3-9-22-16/h2-3,5-9,12-13H,4,10-11,14H2,1H3. The lowest BCUT2D eigenvalue weighted by atomic mass is 10.2. The Labute approximate surface area is 178 Å². The summed E-state index contributed by atoms with van der Waals surface area (Å²) in [5, 5.41) is 7.20. The van der Waals surface area contributed by atoms with Crippen molar-refractivity contribution in [1.29, 1.82) is 0 Å². The molecule has 10 heteroatoms. The fraction of sp³-hybridized carbons (Fsp3) is 0.238. The summed E-state index contributed by atoms with van der Waals surface area (Å²) in [6.07, 6.45) is 5.33. The number of pyridine rings is 2. The van der Waals surface area contributed by atoms with Gasteiger partial charge >= 0.3 is 5.97 Å². The lowest BCUT2D eigenvalue weighted by Crippen LogP contribution is -2.46. The highest BCUT2D eigenvalue weighted by Crippen LogP contribution is 2.17. The van der Waals surface area contributed by atoms with Crippen LogP contribution in [-0.4, -0.2) is 67.7 Å². The van der Waals surface area contributed by atoms with Crippen LogP contribution in [-0.2, 0) is 16.1 Å². The van der Waals surface area contributed by atoms with Crippen LogP contribution in [0.15, 0.2) is 55.0 Å². The molecule has 0 aliphatic carbocycles. The van der Waals surface area contributed by atoms with Gasteiger partial charge in [-0.05, 0) is 36.8 Å². The number of aromatic nitrogens is 4. The van der Waals surface area contributed by atoms with Gasteiger partial charge in [0.1, 0.15) is 17.9 Å². The number of rotatable bonds is 5. The number of amides is 2. The van der Waals surface area contributed by atoms with Crippen LogP contribution in [0.3, 0.4) is 0 Å². The molecule has 0 N–H and O–H groups in total. The average Bonchev–Trinajstić information content (AvgIpc) is 3.49. The number of hydrazine groups is 1. The summed E-state index contributed by atoms with van der Waals surface area (Å²) in [5.74, 6) is -1.20. The van der Waals surface area contributed by atoms with Crippen molar-refractivity contribution in [2.45, 2.75) is 13.0 Å². The van der Waals surface area contributed by atoms with E-state index < -0.39 is 11.9 Å². The largest absolute Gasteiger partial charge is 0.465 e. The van der Waals surface area contributed by atoms with Crippen LogP contribution in [0.1, 0.15) is 27.3 Å². The van der Waals surface area contributed by atoms with Gasteiger partial charge in [0.05, 0.1) is 18.4 Å². The summed E-state index contributed by atoms with van der Waals surface area (Å²) in [4.78, 5) is 45.6. The molecule has 3 aromatic rings. The van der Waals surface area contributed by atoms with Crippen molar-refractivity contribution < 1.29 is 19.1 Å². The summed E-state index contributed by atoms with van der Waals surface area (Å²) in [5.41, 5.74) is 1.77. The summed E-state index contributed by atoms with van der Waals surface area (Å²) in [6.45, 7) is 0.827. The summed E-state index contributed by atoms with van der Waals surface area (Å²) >= 11 is 0. The molecule has 3 aromatic heterocycles. The number of methoxy groups -OCH3 is 1. The number of nitrogens with zero attached hydrogens (tertiary/aromatic N) is 6. The van der Waals surface area contributed by atoms with Crippen LogP contribution in [0, 0.1) is 0 Å². The lowest BCUT2D eigenvalue weighted by Gasteiger charge is -2.27. The van der Waals surface area contributed by atoms with E-state index in [9.17, 15) is 14.4 Å².